The molecule has 0 aromatic carbocycles. The Bertz CT molecular complexity index is 384. The molecule has 0 radical (unpaired) electrons. The molecule has 1 unspecified atom stereocenters. The van der Waals surface area contributed by atoms with Crippen LogP contribution in [0.15, 0.2) is 0 Å². The van der Waals surface area contributed by atoms with Gasteiger partial charge < -0.3 is 10.2 Å². The van der Waals surface area contributed by atoms with E-state index in [1.54, 1.807) is 0 Å². The molecule has 4 nitrogen and oxygen atoms in total. The Hall–Kier alpha value is -1.06. The number of carbonyl (C=O) groups excluding carboxylic acids is 2. The zero-order chi connectivity index (χ0) is 15.5. The molecule has 120 valence electrons. The summed E-state index contributed by atoms with van der Waals surface area (Å²) in [6.45, 7) is 6.72. The van der Waals surface area contributed by atoms with Crippen molar-refractivity contribution in [3.63, 3.8) is 0 Å². The molecule has 2 rings (SSSR count). The normalized spacial score (nSPS) is 26.2. The summed E-state index contributed by atoms with van der Waals surface area (Å²) >= 11 is 0. The third-order valence-electron chi connectivity index (χ3n) is 5.56. The summed E-state index contributed by atoms with van der Waals surface area (Å²) in [5, 5.41) is 3.01. The Balaban J connectivity index is 2.12. The topological polar surface area (TPSA) is 49.4 Å². The number of rotatable bonds is 6. The second-order valence-corrected chi connectivity index (χ2v) is 6.64. The highest BCUT2D eigenvalue weighted by Gasteiger charge is 2.48. The number of amides is 2. The lowest BCUT2D eigenvalue weighted by Crippen LogP contribution is -2.70. The lowest BCUT2D eigenvalue weighted by Gasteiger charge is -2.45. The van der Waals surface area contributed by atoms with Gasteiger partial charge in [0, 0.05) is 6.54 Å². The SMILES string of the molecule is CCC1C(=O)NC(CC)(CC)C(=O)N1CCC1CCCC1. The van der Waals surface area contributed by atoms with E-state index in [0.717, 1.165) is 18.9 Å². The van der Waals surface area contributed by atoms with Gasteiger partial charge in [0.15, 0.2) is 0 Å². The molecule has 1 aliphatic heterocycles. The van der Waals surface area contributed by atoms with Gasteiger partial charge in [0.1, 0.15) is 11.6 Å². The summed E-state index contributed by atoms with van der Waals surface area (Å²) in [6, 6.07) is -0.273. The lowest BCUT2D eigenvalue weighted by molar-refractivity contribution is -0.155. The smallest absolute Gasteiger partial charge is 0.248 e. The average molecular weight is 294 g/mol. The van der Waals surface area contributed by atoms with E-state index in [0.29, 0.717) is 19.3 Å². The molecule has 1 saturated heterocycles. The lowest BCUT2D eigenvalue weighted by atomic mass is 9.86. The summed E-state index contributed by atoms with van der Waals surface area (Å²) in [5.74, 6) is 0.919. The van der Waals surface area contributed by atoms with Crippen LogP contribution in [0.4, 0.5) is 0 Å². The van der Waals surface area contributed by atoms with Crippen molar-refractivity contribution in [3.05, 3.63) is 0 Å². The highest BCUT2D eigenvalue weighted by atomic mass is 16.2. The van der Waals surface area contributed by atoms with E-state index in [1.165, 1.54) is 25.7 Å². The van der Waals surface area contributed by atoms with Crippen molar-refractivity contribution in [2.45, 2.75) is 83.7 Å². The Morgan fingerprint density at radius 1 is 1.14 bits per heavy atom. The van der Waals surface area contributed by atoms with Crippen LogP contribution in [0.2, 0.25) is 0 Å². The van der Waals surface area contributed by atoms with Crippen LogP contribution < -0.4 is 5.32 Å². The van der Waals surface area contributed by atoms with E-state index >= 15 is 0 Å². The van der Waals surface area contributed by atoms with Crippen LogP contribution in [-0.4, -0.2) is 34.8 Å². The zero-order valence-corrected chi connectivity index (χ0v) is 13.8. The minimum Gasteiger partial charge on any atom is -0.340 e. The third-order valence-corrected chi connectivity index (χ3v) is 5.56. The van der Waals surface area contributed by atoms with Gasteiger partial charge in [0.25, 0.3) is 0 Å². The first kappa shape index (κ1) is 16.3. The van der Waals surface area contributed by atoms with Gasteiger partial charge in [-0.2, -0.15) is 0 Å². The van der Waals surface area contributed by atoms with Gasteiger partial charge in [0.2, 0.25) is 11.8 Å². The number of nitrogens with zero attached hydrogens (tertiary/aromatic N) is 1. The van der Waals surface area contributed by atoms with Crippen LogP contribution in [-0.2, 0) is 9.59 Å². The molecule has 1 saturated carbocycles. The van der Waals surface area contributed by atoms with Crippen LogP contribution in [0.1, 0.15) is 72.1 Å². The Morgan fingerprint density at radius 3 is 2.29 bits per heavy atom. The van der Waals surface area contributed by atoms with E-state index in [9.17, 15) is 9.59 Å². The van der Waals surface area contributed by atoms with Gasteiger partial charge in [-0.05, 0) is 31.6 Å². The van der Waals surface area contributed by atoms with E-state index in [2.05, 4.69) is 5.32 Å². The first-order chi connectivity index (χ1) is 10.1. The van der Waals surface area contributed by atoms with Gasteiger partial charge in [-0.15, -0.1) is 0 Å². The van der Waals surface area contributed by atoms with E-state index in [4.69, 9.17) is 0 Å². The molecule has 2 aliphatic rings. The number of nitrogens with one attached hydrogen (secondary N) is 1. The standard InChI is InChI=1S/C17H30N2O2/c1-4-14-15(20)18-17(5-2,6-3)16(21)19(14)12-11-13-9-7-8-10-13/h13-14H,4-12H2,1-3H3,(H,18,20). The van der Waals surface area contributed by atoms with Gasteiger partial charge in [-0.25, -0.2) is 0 Å². The Labute approximate surface area is 128 Å². The highest BCUT2D eigenvalue weighted by Crippen LogP contribution is 2.30. The van der Waals surface area contributed by atoms with Crippen molar-refractivity contribution in [1.82, 2.24) is 10.2 Å². The van der Waals surface area contributed by atoms with Crippen LogP contribution in [0.3, 0.4) is 0 Å². The fourth-order valence-electron chi connectivity index (χ4n) is 3.94. The van der Waals surface area contributed by atoms with Crippen molar-refractivity contribution < 1.29 is 9.59 Å². The Morgan fingerprint density at radius 2 is 1.76 bits per heavy atom. The Kier molecular flexibility index (Phi) is 5.28. The molecular formula is C17H30N2O2. The molecule has 4 heteroatoms. The number of piperazine rings is 1. The van der Waals surface area contributed by atoms with Crippen LogP contribution in [0.5, 0.6) is 0 Å². The highest BCUT2D eigenvalue weighted by molar-refractivity contribution is 5.99. The minimum atomic E-state index is -0.668. The molecule has 1 heterocycles. The van der Waals surface area contributed by atoms with Gasteiger partial charge in [-0.3, -0.25) is 9.59 Å². The van der Waals surface area contributed by atoms with Gasteiger partial charge >= 0.3 is 0 Å². The van der Waals surface area contributed by atoms with Crippen molar-refractivity contribution in [2.24, 2.45) is 5.92 Å². The van der Waals surface area contributed by atoms with Crippen molar-refractivity contribution in [2.75, 3.05) is 6.54 Å². The molecule has 0 aromatic heterocycles. The second kappa shape index (κ2) is 6.80. The summed E-state index contributed by atoms with van der Waals surface area (Å²) in [7, 11) is 0. The van der Waals surface area contributed by atoms with Crippen molar-refractivity contribution >= 4 is 11.8 Å². The monoisotopic (exact) mass is 294 g/mol. The molecule has 21 heavy (non-hydrogen) atoms. The first-order valence-electron chi connectivity index (χ1n) is 8.71. The first-order valence-corrected chi connectivity index (χ1v) is 8.71. The third kappa shape index (κ3) is 3.09. The zero-order valence-electron chi connectivity index (χ0n) is 13.8. The maximum absolute atomic E-state index is 12.9. The predicted molar refractivity (Wildman–Crippen MR) is 83.8 cm³/mol. The molecular weight excluding hydrogens is 264 g/mol. The minimum absolute atomic E-state index is 0.0345. The molecule has 0 spiro atoms. The maximum atomic E-state index is 12.9. The van der Waals surface area contributed by atoms with Crippen LogP contribution in [0, 0.1) is 5.92 Å². The molecule has 1 N–H and O–H groups in total. The largest absolute Gasteiger partial charge is 0.340 e. The average Bonchev–Trinajstić information content (AvgIpc) is 3.01. The fraction of sp³-hybridized carbons (Fsp3) is 0.882. The summed E-state index contributed by atoms with van der Waals surface area (Å²) in [6.07, 6.45) is 8.32. The number of carbonyl (C=O) groups is 2. The summed E-state index contributed by atoms with van der Waals surface area (Å²) in [4.78, 5) is 27.2. The summed E-state index contributed by atoms with van der Waals surface area (Å²) < 4.78 is 0. The maximum Gasteiger partial charge on any atom is 0.248 e. The summed E-state index contributed by atoms with van der Waals surface area (Å²) in [5.41, 5.74) is -0.668. The quantitative estimate of drug-likeness (QED) is 0.819. The van der Waals surface area contributed by atoms with E-state index in [-0.39, 0.29) is 17.9 Å². The van der Waals surface area contributed by atoms with Crippen molar-refractivity contribution in [3.8, 4) is 0 Å². The molecule has 1 aliphatic carbocycles. The number of hydrogen-bond acceptors (Lipinski definition) is 2. The molecule has 0 aromatic rings. The van der Waals surface area contributed by atoms with Crippen molar-refractivity contribution in [1.29, 1.82) is 0 Å². The van der Waals surface area contributed by atoms with Crippen LogP contribution >= 0.6 is 0 Å². The van der Waals surface area contributed by atoms with Crippen LogP contribution in [0.25, 0.3) is 0 Å². The second-order valence-electron chi connectivity index (χ2n) is 6.64. The molecule has 2 amide bonds. The predicted octanol–water partition coefficient (Wildman–Crippen LogP) is 2.86. The van der Waals surface area contributed by atoms with Gasteiger partial charge in [-0.1, -0.05) is 46.5 Å². The number of hydrogen-bond donors (Lipinski definition) is 1. The molecule has 1 atom stereocenters. The molecule has 0 bridgehead atoms. The fourth-order valence-corrected chi connectivity index (χ4v) is 3.94. The van der Waals surface area contributed by atoms with Gasteiger partial charge in [0.05, 0.1) is 0 Å². The van der Waals surface area contributed by atoms with E-state index < -0.39 is 5.54 Å². The van der Waals surface area contributed by atoms with E-state index in [1.807, 2.05) is 25.7 Å². The molecule has 2 fully saturated rings.